The Morgan fingerprint density at radius 1 is 1.16 bits per heavy atom. The van der Waals surface area contributed by atoms with Gasteiger partial charge in [-0.15, -0.1) is 0 Å². The number of oxime groups is 1. The third-order valence-corrected chi connectivity index (χ3v) is 3.89. The smallest absolute Gasteiger partial charge is 0.265 e. The molecule has 0 N–H and O–H groups in total. The van der Waals surface area contributed by atoms with Crippen LogP contribution in [0.3, 0.4) is 0 Å². The van der Waals surface area contributed by atoms with Crippen LogP contribution in [0.15, 0.2) is 40.4 Å². The van der Waals surface area contributed by atoms with E-state index in [-0.39, 0.29) is 4.90 Å². The van der Waals surface area contributed by atoms with Crippen molar-refractivity contribution in [2.45, 2.75) is 50.8 Å². The molecule has 0 amide bonds. The Morgan fingerprint density at radius 2 is 1.84 bits per heavy atom. The molecular formula is C14H21NO3S. The van der Waals surface area contributed by atoms with Crippen molar-refractivity contribution in [1.82, 2.24) is 0 Å². The highest BCUT2D eigenvalue weighted by Gasteiger charge is 2.15. The largest absolute Gasteiger partial charge is 0.358 e. The average Bonchev–Trinajstić information content (AvgIpc) is 2.43. The SMILES string of the molecule is CCCCC/C(CC)=N/OS(=O)(=O)c1ccccc1. The van der Waals surface area contributed by atoms with E-state index in [1.54, 1.807) is 18.2 Å². The minimum Gasteiger partial charge on any atom is -0.265 e. The summed E-state index contributed by atoms with van der Waals surface area (Å²) in [7, 11) is -3.78. The number of hydrogen-bond donors (Lipinski definition) is 0. The molecule has 0 spiro atoms. The lowest BCUT2D eigenvalue weighted by molar-refractivity contribution is 0.336. The Balaban J connectivity index is 2.67. The van der Waals surface area contributed by atoms with Gasteiger partial charge in [-0.05, 0) is 31.4 Å². The number of hydrogen-bond acceptors (Lipinski definition) is 4. The Bertz CT molecular complexity index is 495. The van der Waals surface area contributed by atoms with Crippen LogP contribution in [-0.2, 0) is 14.4 Å². The molecule has 0 aliphatic carbocycles. The highest BCUT2D eigenvalue weighted by molar-refractivity contribution is 7.86. The number of nitrogens with zero attached hydrogens (tertiary/aromatic N) is 1. The minimum absolute atomic E-state index is 0.128. The normalized spacial score (nSPS) is 12.4. The van der Waals surface area contributed by atoms with Gasteiger partial charge in [0.05, 0.1) is 5.71 Å². The van der Waals surface area contributed by atoms with Crippen LogP contribution in [0.5, 0.6) is 0 Å². The van der Waals surface area contributed by atoms with Crippen LogP contribution in [0.4, 0.5) is 0 Å². The molecule has 1 aromatic carbocycles. The van der Waals surface area contributed by atoms with E-state index in [1.165, 1.54) is 12.1 Å². The molecule has 0 aromatic heterocycles. The van der Waals surface area contributed by atoms with E-state index < -0.39 is 10.1 Å². The van der Waals surface area contributed by atoms with Crippen LogP contribution >= 0.6 is 0 Å². The zero-order valence-electron chi connectivity index (χ0n) is 11.5. The van der Waals surface area contributed by atoms with Crippen molar-refractivity contribution in [1.29, 1.82) is 0 Å². The van der Waals surface area contributed by atoms with Gasteiger partial charge in [0, 0.05) is 0 Å². The summed E-state index contributed by atoms with van der Waals surface area (Å²) in [5.41, 5.74) is 0.785. The molecule has 0 radical (unpaired) electrons. The fraction of sp³-hybridized carbons (Fsp3) is 0.500. The first kappa shape index (κ1) is 15.7. The molecule has 1 aromatic rings. The van der Waals surface area contributed by atoms with Crippen LogP contribution < -0.4 is 0 Å². The summed E-state index contributed by atoms with van der Waals surface area (Å²) in [6.45, 7) is 4.07. The Morgan fingerprint density at radius 3 is 2.42 bits per heavy atom. The third kappa shape index (κ3) is 5.42. The van der Waals surface area contributed by atoms with Crippen molar-refractivity contribution in [3.05, 3.63) is 30.3 Å². The Kier molecular flexibility index (Phi) is 6.56. The van der Waals surface area contributed by atoms with E-state index >= 15 is 0 Å². The molecule has 0 heterocycles. The standard InChI is InChI=1S/C14H21NO3S/c1-3-5-7-10-13(4-2)15-18-19(16,17)14-11-8-6-9-12-14/h6,8-9,11-12H,3-5,7,10H2,1-2H3/b15-13+. The highest BCUT2D eigenvalue weighted by atomic mass is 32.2. The second-order valence-corrected chi connectivity index (χ2v) is 5.84. The average molecular weight is 283 g/mol. The van der Waals surface area contributed by atoms with Crippen LogP contribution in [0.2, 0.25) is 0 Å². The van der Waals surface area contributed by atoms with Gasteiger partial charge in [-0.2, -0.15) is 8.42 Å². The summed E-state index contributed by atoms with van der Waals surface area (Å²) < 4.78 is 28.5. The molecule has 0 bridgehead atoms. The highest BCUT2D eigenvalue weighted by Crippen LogP contribution is 2.13. The summed E-state index contributed by atoms with van der Waals surface area (Å²) >= 11 is 0. The molecule has 0 unspecified atom stereocenters. The second kappa shape index (κ2) is 7.94. The van der Waals surface area contributed by atoms with E-state index in [1.807, 2.05) is 6.92 Å². The molecule has 5 heteroatoms. The Labute approximate surface area is 115 Å². The summed E-state index contributed by atoms with van der Waals surface area (Å²) in [4.78, 5) is 0.128. The van der Waals surface area contributed by atoms with Gasteiger partial charge >= 0.3 is 10.1 Å². The molecule has 1 rings (SSSR count). The van der Waals surface area contributed by atoms with Crippen LogP contribution in [-0.4, -0.2) is 14.1 Å². The third-order valence-electron chi connectivity index (χ3n) is 2.77. The fourth-order valence-electron chi connectivity index (χ4n) is 1.60. The first-order valence-corrected chi connectivity index (χ1v) is 8.05. The van der Waals surface area contributed by atoms with Crippen LogP contribution in [0.25, 0.3) is 0 Å². The molecule has 0 aliphatic heterocycles. The molecule has 106 valence electrons. The molecule has 0 atom stereocenters. The van der Waals surface area contributed by atoms with Gasteiger partial charge < -0.3 is 0 Å². The first-order valence-electron chi connectivity index (χ1n) is 6.64. The number of benzene rings is 1. The predicted octanol–water partition coefficient (Wildman–Crippen LogP) is 3.74. The van der Waals surface area contributed by atoms with Crippen LogP contribution in [0, 0.1) is 0 Å². The van der Waals surface area contributed by atoms with Crippen molar-refractivity contribution in [3.8, 4) is 0 Å². The van der Waals surface area contributed by atoms with Crippen molar-refractivity contribution < 1.29 is 12.7 Å². The van der Waals surface area contributed by atoms with Gasteiger partial charge in [-0.1, -0.05) is 50.0 Å². The van der Waals surface area contributed by atoms with Crippen molar-refractivity contribution in [2.24, 2.45) is 5.16 Å². The zero-order valence-corrected chi connectivity index (χ0v) is 12.3. The lowest BCUT2D eigenvalue weighted by atomic mass is 10.1. The number of unbranched alkanes of at least 4 members (excludes halogenated alkanes) is 2. The summed E-state index contributed by atoms with van der Waals surface area (Å²) in [5, 5.41) is 3.79. The van der Waals surface area contributed by atoms with E-state index in [9.17, 15) is 8.42 Å². The Hall–Kier alpha value is -1.36. The fourth-order valence-corrected chi connectivity index (χ4v) is 2.38. The zero-order chi connectivity index (χ0) is 14.1. The molecule has 0 fully saturated rings. The van der Waals surface area contributed by atoms with Crippen molar-refractivity contribution in [2.75, 3.05) is 0 Å². The lowest BCUT2D eigenvalue weighted by Gasteiger charge is -2.04. The van der Waals surface area contributed by atoms with E-state index in [2.05, 4.69) is 12.1 Å². The molecular weight excluding hydrogens is 262 g/mol. The van der Waals surface area contributed by atoms with Crippen LogP contribution in [0.1, 0.15) is 46.0 Å². The van der Waals surface area contributed by atoms with Gasteiger partial charge in [0.2, 0.25) is 0 Å². The monoisotopic (exact) mass is 283 g/mol. The van der Waals surface area contributed by atoms with E-state index in [4.69, 9.17) is 4.28 Å². The minimum atomic E-state index is -3.78. The molecule has 0 aliphatic rings. The number of rotatable bonds is 8. The molecule has 0 saturated carbocycles. The second-order valence-electron chi connectivity index (χ2n) is 4.31. The predicted molar refractivity (Wildman–Crippen MR) is 76.6 cm³/mol. The van der Waals surface area contributed by atoms with Gasteiger partial charge in [-0.25, -0.2) is 0 Å². The first-order chi connectivity index (χ1) is 9.10. The topological polar surface area (TPSA) is 55.7 Å². The molecule has 0 saturated heterocycles. The maximum Gasteiger partial charge on any atom is 0.358 e. The maximum atomic E-state index is 11.9. The summed E-state index contributed by atoms with van der Waals surface area (Å²) in [5.74, 6) is 0. The van der Waals surface area contributed by atoms with Gasteiger partial charge in [0.15, 0.2) is 0 Å². The van der Waals surface area contributed by atoms with E-state index in [0.717, 1.165) is 31.4 Å². The van der Waals surface area contributed by atoms with Gasteiger partial charge in [0.25, 0.3) is 0 Å². The van der Waals surface area contributed by atoms with Gasteiger partial charge in [0.1, 0.15) is 4.90 Å². The summed E-state index contributed by atoms with van der Waals surface area (Å²) in [6, 6.07) is 8.05. The van der Waals surface area contributed by atoms with Gasteiger partial charge in [-0.3, -0.25) is 4.28 Å². The molecule has 19 heavy (non-hydrogen) atoms. The quantitative estimate of drug-likeness (QED) is 0.415. The maximum absolute atomic E-state index is 11.9. The summed E-state index contributed by atoms with van der Waals surface area (Å²) in [6.07, 6.45) is 4.74. The molecule has 4 nitrogen and oxygen atoms in total. The van der Waals surface area contributed by atoms with E-state index in [0.29, 0.717) is 6.42 Å². The van der Waals surface area contributed by atoms with Crippen molar-refractivity contribution in [3.63, 3.8) is 0 Å². The lowest BCUT2D eigenvalue weighted by Crippen LogP contribution is -2.05. The van der Waals surface area contributed by atoms with Crippen molar-refractivity contribution >= 4 is 15.8 Å².